The summed E-state index contributed by atoms with van der Waals surface area (Å²) < 4.78 is 20.6. The van der Waals surface area contributed by atoms with Gasteiger partial charge in [-0.05, 0) is 6.42 Å². The molecule has 0 aromatic heterocycles. The Balaban J connectivity index is 0. The number of sulfonamides is 1. The van der Waals surface area contributed by atoms with Crippen molar-refractivity contribution in [2.45, 2.75) is 26.2 Å². The Morgan fingerprint density at radius 1 is 1.27 bits per heavy atom. The molecule has 5 heteroatoms. The van der Waals surface area contributed by atoms with Crippen LogP contribution in [0.15, 0.2) is 0 Å². The van der Waals surface area contributed by atoms with Crippen molar-refractivity contribution in [3.63, 3.8) is 0 Å². The molecule has 0 aliphatic heterocycles. The van der Waals surface area contributed by atoms with Crippen LogP contribution in [0.3, 0.4) is 0 Å². The molecule has 0 aromatic rings. The highest BCUT2D eigenvalue weighted by molar-refractivity contribution is 7.89. The van der Waals surface area contributed by atoms with Crippen LogP contribution in [0.5, 0.6) is 0 Å². The Kier molecular flexibility index (Phi) is 9.21. The monoisotopic (exact) mass is 181 g/mol. The van der Waals surface area contributed by atoms with Crippen LogP contribution in [0.1, 0.15) is 26.2 Å². The van der Waals surface area contributed by atoms with Crippen LogP contribution >= 0.6 is 0 Å². The van der Waals surface area contributed by atoms with Gasteiger partial charge in [0.1, 0.15) is 6.79 Å². The highest BCUT2D eigenvalue weighted by Gasteiger charge is 1.99. The van der Waals surface area contributed by atoms with Gasteiger partial charge in [0, 0.05) is 0 Å². The van der Waals surface area contributed by atoms with Gasteiger partial charge in [0.2, 0.25) is 10.0 Å². The fourth-order valence-electron chi connectivity index (χ4n) is 0.553. The summed E-state index contributed by atoms with van der Waals surface area (Å²) >= 11 is 0. The van der Waals surface area contributed by atoms with Crippen molar-refractivity contribution in [1.29, 1.82) is 0 Å². The first kappa shape index (κ1) is 13.2. The molecule has 0 fully saturated rings. The van der Waals surface area contributed by atoms with Gasteiger partial charge in [-0.1, -0.05) is 19.8 Å². The molecule has 0 saturated carbocycles. The van der Waals surface area contributed by atoms with Crippen molar-refractivity contribution < 1.29 is 13.2 Å². The zero-order valence-corrected chi connectivity index (χ0v) is 7.56. The van der Waals surface area contributed by atoms with Gasteiger partial charge >= 0.3 is 0 Å². The van der Waals surface area contributed by atoms with Crippen molar-refractivity contribution in [2.24, 2.45) is 5.14 Å². The standard InChI is InChI=1S/C5H13NO2S.CH2O/c1-2-3-4-5-9(6,7)8;1-2/h2-5H2,1H3,(H2,6,7,8);1H2. The Hall–Kier alpha value is -0.420. The molecule has 0 amide bonds. The number of unbranched alkanes of at least 4 members (excludes halogenated alkanes) is 2. The van der Waals surface area contributed by atoms with E-state index in [9.17, 15) is 8.42 Å². The van der Waals surface area contributed by atoms with E-state index >= 15 is 0 Å². The molecule has 0 rings (SSSR count). The molecule has 0 aliphatic rings. The summed E-state index contributed by atoms with van der Waals surface area (Å²) in [6.07, 6.45) is 2.65. The first-order valence-corrected chi connectivity index (χ1v) is 5.07. The molecule has 2 N–H and O–H groups in total. The van der Waals surface area contributed by atoms with Gasteiger partial charge in [-0.25, -0.2) is 13.6 Å². The third-order valence-corrected chi connectivity index (χ3v) is 1.89. The Bertz CT molecular complexity index is 165. The zero-order chi connectivity index (χ0) is 9.33. The summed E-state index contributed by atoms with van der Waals surface area (Å²) in [5.41, 5.74) is 0. The fraction of sp³-hybridized carbons (Fsp3) is 0.833. The van der Waals surface area contributed by atoms with E-state index in [4.69, 9.17) is 9.93 Å². The average Bonchev–Trinajstić information content (AvgIpc) is 1.90. The molecule has 0 spiro atoms. The van der Waals surface area contributed by atoms with E-state index in [-0.39, 0.29) is 5.75 Å². The SMILES string of the molecule is C=O.CCCCCS(N)(=O)=O. The minimum Gasteiger partial charge on any atom is -0.307 e. The minimum absolute atomic E-state index is 0.126. The van der Waals surface area contributed by atoms with E-state index in [1.54, 1.807) is 0 Å². The second kappa shape index (κ2) is 7.68. The third-order valence-electron chi connectivity index (χ3n) is 1.03. The number of hydrogen-bond donors (Lipinski definition) is 1. The smallest absolute Gasteiger partial charge is 0.209 e. The summed E-state index contributed by atoms with van der Waals surface area (Å²) in [4.78, 5) is 8.00. The third kappa shape index (κ3) is 17.7. The van der Waals surface area contributed by atoms with Gasteiger partial charge in [0.25, 0.3) is 0 Å². The lowest BCUT2D eigenvalue weighted by atomic mass is 10.3. The Morgan fingerprint density at radius 2 is 1.73 bits per heavy atom. The van der Waals surface area contributed by atoms with Crippen LogP contribution in [0.2, 0.25) is 0 Å². The van der Waals surface area contributed by atoms with Gasteiger partial charge in [-0.15, -0.1) is 0 Å². The van der Waals surface area contributed by atoms with Crippen molar-refractivity contribution in [3.8, 4) is 0 Å². The lowest BCUT2D eigenvalue weighted by molar-refractivity contribution is -0.0979. The van der Waals surface area contributed by atoms with E-state index in [0.29, 0.717) is 6.42 Å². The Morgan fingerprint density at radius 3 is 2.00 bits per heavy atom. The summed E-state index contributed by atoms with van der Waals surface area (Å²) in [5.74, 6) is 0.126. The zero-order valence-electron chi connectivity index (χ0n) is 6.75. The molecule has 68 valence electrons. The summed E-state index contributed by atoms with van der Waals surface area (Å²) in [6, 6.07) is 0. The molecule has 0 heterocycles. The molecule has 0 atom stereocenters. The van der Waals surface area contributed by atoms with Crippen LogP contribution < -0.4 is 5.14 Å². The average molecular weight is 181 g/mol. The molecular formula is C6H15NO3S. The van der Waals surface area contributed by atoms with Gasteiger partial charge in [-0.2, -0.15) is 0 Å². The molecule has 0 radical (unpaired) electrons. The van der Waals surface area contributed by atoms with E-state index in [2.05, 4.69) is 0 Å². The topological polar surface area (TPSA) is 77.2 Å². The molecule has 0 aromatic carbocycles. The summed E-state index contributed by atoms with van der Waals surface area (Å²) in [5, 5.41) is 4.75. The first-order chi connectivity index (χ1) is 5.06. The van der Waals surface area contributed by atoms with Crippen molar-refractivity contribution in [2.75, 3.05) is 5.75 Å². The molecule has 0 saturated heterocycles. The van der Waals surface area contributed by atoms with E-state index in [1.165, 1.54) is 0 Å². The van der Waals surface area contributed by atoms with Crippen LogP contribution in [-0.2, 0) is 14.8 Å². The predicted molar refractivity (Wildman–Crippen MR) is 44.6 cm³/mol. The number of nitrogens with two attached hydrogens (primary N) is 1. The lowest BCUT2D eigenvalue weighted by Gasteiger charge is -1.94. The molecule has 0 aliphatic carbocycles. The van der Waals surface area contributed by atoms with Gasteiger partial charge < -0.3 is 4.79 Å². The summed E-state index contributed by atoms with van der Waals surface area (Å²) in [6.45, 7) is 4.02. The maximum absolute atomic E-state index is 10.3. The molecule has 11 heavy (non-hydrogen) atoms. The highest BCUT2D eigenvalue weighted by atomic mass is 32.2. The minimum atomic E-state index is -3.20. The second-order valence-corrected chi connectivity index (χ2v) is 3.81. The predicted octanol–water partition coefficient (Wildman–Crippen LogP) is 0.280. The highest BCUT2D eigenvalue weighted by Crippen LogP contribution is 1.94. The van der Waals surface area contributed by atoms with Crippen LogP contribution in [-0.4, -0.2) is 21.0 Å². The maximum Gasteiger partial charge on any atom is 0.209 e. The number of carbonyl (C=O) groups excluding carboxylic acids is 1. The van der Waals surface area contributed by atoms with E-state index in [0.717, 1.165) is 12.8 Å². The number of carbonyl (C=O) groups is 1. The largest absolute Gasteiger partial charge is 0.307 e. The van der Waals surface area contributed by atoms with Gasteiger partial charge in [0.05, 0.1) is 5.75 Å². The lowest BCUT2D eigenvalue weighted by Crippen LogP contribution is -2.16. The Labute approximate surface area is 67.8 Å². The second-order valence-electron chi connectivity index (χ2n) is 2.07. The van der Waals surface area contributed by atoms with Crippen molar-refractivity contribution >= 4 is 16.8 Å². The van der Waals surface area contributed by atoms with Crippen LogP contribution in [0.4, 0.5) is 0 Å². The number of rotatable bonds is 4. The van der Waals surface area contributed by atoms with Gasteiger partial charge in [0.15, 0.2) is 0 Å². The molecule has 4 nitrogen and oxygen atoms in total. The molecular weight excluding hydrogens is 166 g/mol. The quantitative estimate of drug-likeness (QED) is 0.633. The molecule has 0 unspecified atom stereocenters. The maximum atomic E-state index is 10.3. The van der Waals surface area contributed by atoms with Crippen molar-refractivity contribution in [3.05, 3.63) is 0 Å². The van der Waals surface area contributed by atoms with E-state index in [1.807, 2.05) is 13.7 Å². The molecule has 0 bridgehead atoms. The van der Waals surface area contributed by atoms with Crippen LogP contribution in [0.25, 0.3) is 0 Å². The first-order valence-electron chi connectivity index (χ1n) is 3.35. The number of primary sulfonamides is 1. The van der Waals surface area contributed by atoms with Crippen molar-refractivity contribution in [1.82, 2.24) is 0 Å². The van der Waals surface area contributed by atoms with Crippen LogP contribution in [0, 0.1) is 0 Å². The van der Waals surface area contributed by atoms with E-state index < -0.39 is 10.0 Å². The normalized spacial score (nSPS) is 10.0. The number of hydrogen-bond acceptors (Lipinski definition) is 3. The van der Waals surface area contributed by atoms with Gasteiger partial charge in [-0.3, -0.25) is 0 Å². The fourth-order valence-corrected chi connectivity index (χ4v) is 1.16. The summed E-state index contributed by atoms with van der Waals surface area (Å²) in [7, 11) is -3.20.